The summed E-state index contributed by atoms with van der Waals surface area (Å²) in [5.41, 5.74) is 2.20. The second kappa shape index (κ2) is 8.14. The average Bonchev–Trinajstić information content (AvgIpc) is 3.27. The van der Waals surface area contributed by atoms with Gasteiger partial charge in [-0.1, -0.05) is 24.2 Å². The summed E-state index contributed by atoms with van der Waals surface area (Å²) in [5.74, 6) is 1.38. The zero-order valence-electron chi connectivity index (χ0n) is 15.0. The van der Waals surface area contributed by atoms with Gasteiger partial charge in [0.2, 0.25) is 11.7 Å². The fourth-order valence-electron chi connectivity index (χ4n) is 2.60. The van der Waals surface area contributed by atoms with Crippen LogP contribution in [0.15, 0.2) is 40.2 Å². The second-order valence-electron chi connectivity index (χ2n) is 6.04. The number of hydrogen-bond donors (Lipinski definition) is 1. The maximum Gasteiger partial charge on any atom is 0.261 e. The standard InChI is InChI=1S/C19H21N3O3S/c1-4-15(24-14-9-12(2)8-13(3)10-14)19(23)20-11-17-21-18(22-25-17)16-6-5-7-26-16/h5-10,15H,4,11H2,1-3H3,(H,20,23). The van der Waals surface area contributed by atoms with Gasteiger partial charge in [-0.3, -0.25) is 4.79 Å². The number of carbonyl (C=O) groups excluding carboxylic acids is 1. The molecule has 136 valence electrons. The summed E-state index contributed by atoms with van der Waals surface area (Å²) in [6, 6.07) is 9.76. The van der Waals surface area contributed by atoms with Crippen molar-refractivity contribution >= 4 is 17.2 Å². The first kappa shape index (κ1) is 18.1. The van der Waals surface area contributed by atoms with E-state index in [-0.39, 0.29) is 12.5 Å². The van der Waals surface area contributed by atoms with E-state index in [0.29, 0.717) is 23.9 Å². The van der Waals surface area contributed by atoms with E-state index in [9.17, 15) is 4.79 Å². The Morgan fingerprint density at radius 1 is 1.31 bits per heavy atom. The van der Waals surface area contributed by atoms with Gasteiger partial charge in [0.25, 0.3) is 5.91 Å². The van der Waals surface area contributed by atoms with Gasteiger partial charge >= 0.3 is 0 Å². The summed E-state index contributed by atoms with van der Waals surface area (Å²) < 4.78 is 11.1. The molecule has 0 bridgehead atoms. The number of thiophene rings is 1. The van der Waals surface area contributed by atoms with E-state index in [1.54, 1.807) is 0 Å². The van der Waals surface area contributed by atoms with Crippen molar-refractivity contribution in [2.45, 2.75) is 39.8 Å². The van der Waals surface area contributed by atoms with E-state index in [4.69, 9.17) is 9.26 Å². The molecule has 2 aromatic heterocycles. The minimum absolute atomic E-state index is 0.171. The summed E-state index contributed by atoms with van der Waals surface area (Å²) in [7, 11) is 0. The van der Waals surface area contributed by atoms with Gasteiger partial charge in [0.15, 0.2) is 6.10 Å². The molecule has 0 aliphatic heterocycles. The number of rotatable bonds is 7. The van der Waals surface area contributed by atoms with Crippen LogP contribution >= 0.6 is 11.3 Å². The van der Waals surface area contributed by atoms with Crippen molar-refractivity contribution in [2.24, 2.45) is 0 Å². The first-order valence-corrected chi connectivity index (χ1v) is 9.32. The Hall–Kier alpha value is -2.67. The number of amides is 1. The molecule has 0 spiro atoms. The Morgan fingerprint density at radius 3 is 2.73 bits per heavy atom. The van der Waals surface area contributed by atoms with Crippen LogP contribution in [0, 0.1) is 13.8 Å². The molecule has 1 aromatic carbocycles. The number of nitrogens with zero attached hydrogens (tertiary/aromatic N) is 2. The average molecular weight is 371 g/mol. The van der Waals surface area contributed by atoms with E-state index in [0.717, 1.165) is 16.0 Å². The maximum atomic E-state index is 12.4. The van der Waals surface area contributed by atoms with Crippen LogP contribution in [-0.4, -0.2) is 22.2 Å². The van der Waals surface area contributed by atoms with Gasteiger partial charge in [-0.05, 0) is 55.0 Å². The Kier molecular flexibility index (Phi) is 5.68. The minimum Gasteiger partial charge on any atom is -0.481 e. The first-order valence-electron chi connectivity index (χ1n) is 8.44. The zero-order valence-corrected chi connectivity index (χ0v) is 15.8. The van der Waals surface area contributed by atoms with Crippen molar-refractivity contribution in [2.75, 3.05) is 0 Å². The van der Waals surface area contributed by atoms with Crippen molar-refractivity contribution < 1.29 is 14.1 Å². The van der Waals surface area contributed by atoms with Gasteiger partial charge in [-0.15, -0.1) is 11.3 Å². The number of carbonyl (C=O) groups is 1. The lowest BCUT2D eigenvalue weighted by molar-refractivity contribution is -0.128. The fourth-order valence-corrected chi connectivity index (χ4v) is 3.25. The Labute approximate surface area is 156 Å². The lowest BCUT2D eigenvalue weighted by Crippen LogP contribution is -2.37. The molecule has 0 saturated heterocycles. The molecule has 3 rings (SSSR count). The molecule has 7 heteroatoms. The van der Waals surface area contributed by atoms with E-state index in [1.165, 1.54) is 11.3 Å². The normalized spacial score (nSPS) is 12.0. The van der Waals surface area contributed by atoms with Crippen LogP contribution in [0.25, 0.3) is 10.7 Å². The van der Waals surface area contributed by atoms with Crippen molar-refractivity contribution in [1.29, 1.82) is 0 Å². The zero-order chi connectivity index (χ0) is 18.5. The lowest BCUT2D eigenvalue weighted by atomic mass is 10.1. The highest BCUT2D eigenvalue weighted by Gasteiger charge is 2.19. The van der Waals surface area contributed by atoms with Gasteiger partial charge in [0.1, 0.15) is 5.75 Å². The van der Waals surface area contributed by atoms with Gasteiger partial charge < -0.3 is 14.6 Å². The van der Waals surface area contributed by atoms with Gasteiger partial charge in [-0.25, -0.2) is 0 Å². The molecule has 0 radical (unpaired) electrons. The third-order valence-electron chi connectivity index (χ3n) is 3.76. The number of aryl methyl sites for hydroxylation is 2. The fraction of sp³-hybridized carbons (Fsp3) is 0.316. The molecular weight excluding hydrogens is 350 g/mol. The van der Waals surface area contributed by atoms with E-state index >= 15 is 0 Å². The van der Waals surface area contributed by atoms with Crippen molar-refractivity contribution in [3.8, 4) is 16.5 Å². The number of aromatic nitrogens is 2. The smallest absolute Gasteiger partial charge is 0.261 e. The first-order chi connectivity index (χ1) is 12.5. The summed E-state index contributed by atoms with van der Waals surface area (Å²) >= 11 is 1.53. The third-order valence-corrected chi connectivity index (χ3v) is 4.63. The largest absolute Gasteiger partial charge is 0.481 e. The van der Waals surface area contributed by atoms with Crippen molar-refractivity contribution in [1.82, 2.24) is 15.5 Å². The molecule has 1 unspecified atom stereocenters. The molecule has 2 heterocycles. The number of nitrogens with one attached hydrogen (secondary N) is 1. The van der Waals surface area contributed by atoms with Gasteiger partial charge in [0.05, 0.1) is 11.4 Å². The maximum absolute atomic E-state index is 12.4. The molecule has 6 nitrogen and oxygen atoms in total. The molecule has 1 atom stereocenters. The Bertz CT molecular complexity index is 854. The Morgan fingerprint density at radius 2 is 2.08 bits per heavy atom. The summed E-state index contributed by atoms with van der Waals surface area (Å²) in [5, 5.41) is 8.68. The molecule has 1 amide bonds. The lowest BCUT2D eigenvalue weighted by Gasteiger charge is -2.17. The van der Waals surface area contributed by atoms with Crippen LogP contribution < -0.4 is 10.1 Å². The molecular formula is C19H21N3O3S. The number of hydrogen-bond acceptors (Lipinski definition) is 6. The summed E-state index contributed by atoms with van der Waals surface area (Å²) in [6.45, 7) is 6.09. The van der Waals surface area contributed by atoms with E-state index < -0.39 is 6.10 Å². The quantitative estimate of drug-likeness (QED) is 0.682. The molecule has 0 fully saturated rings. The summed E-state index contributed by atoms with van der Waals surface area (Å²) in [6.07, 6.45) is -0.0146. The van der Waals surface area contributed by atoms with Gasteiger partial charge in [0, 0.05) is 0 Å². The summed E-state index contributed by atoms with van der Waals surface area (Å²) in [4.78, 5) is 17.7. The molecule has 0 saturated carbocycles. The monoisotopic (exact) mass is 371 g/mol. The van der Waals surface area contributed by atoms with Crippen LogP contribution in [0.4, 0.5) is 0 Å². The molecule has 26 heavy (non-hydrogen) atoms. The van der Waals surface area contributed by atoms with E-state index in [2.05, 4.69) is 21.5 Å². The topological polar surface area (TPSA) is 77.2 Å². The molecule has 3 aromatic rings. The SMILES string of the molecule is CCC(Oc1cc(C)cc(C)c1)C(=O)NCc1nc(-c2cccs2)no1. The second-order valence-corrected chi connectivity index (χ2v) is 6.99. The minimum atomic E-state index is -0.573. The van der Waals surface area contributed by atoms with Crippen LogP contribution in [0.5, 0.6) is 5.75 Å². The van der Waals surface area contributed by atoms with Crippen LogP contribution in [0.1, 0.15) is 30.4 Å². The van der Waals surface area contributed by atoms with Gasteiger partial charge in [-0.2, -0.15) is 4.98 Å². The third kappa shape index (κ3) is 4.49. The molecule has 1 N–H and O–H groups in total. The van der Waals surface area contributed by atoms with Crippen molar-refractivity contribution in [3.05, 3.63) is 52.7 Å². The van der Waals surface area contributed by atoms with E-state index in [1.807, 2.05) is 50.4 Å². The Balaban J connectivity index is 1.59. The number of ether oxygens (including phenoxy) is 1. The highest BCUT2D eigenvalue weighted by Crippen LogP contribution is 2.21. The van der Waals surface area contributed by atoms with Crippen molar-refractivity contribution in [3.63, 3.8) is 0 Å². The highest BCUT2D eigenvalue weighted by atomic mass is 32.1. The predicted molar refractivity (Wildman–Crippen MR) is 100 cm³/mol. The predicted octanol–water partition coefficient (Wildman–Crippen LogP) is 3.89. The highest BCUT2D eigenvalue weighted by molar-refractivity contribution is 7.13. The molecule has 0 aliphatic carbocycles. The van der Waals surface area contributed by atoms with Crippen LogP contribution in [0.2, 0.25) is 0 Å². The number of benzene rings is 1. The molecule has 0 aliphatic rings. The van der Waals surface area contributed by atoms with Crippen LogP contribution in [-0.2, 0) is 11.3 Å². The van der Waals surface area contributed by atoms with Crippen LogP contribution in [0.3, 0.4) is 0 Å².